The molecule has 0 radical (unpaired) electrons. The van der Waals surface area contributed by atoms with Crippen LogP contribution >= 0.6 is 0 Å². The molecule has 1 atom stereocenters. The van der Waals surface area contributed by atoms with Crippen molar-refractivity contribution >= 4 is 5.69 Å². The first-order valence-electron chi connectivity index (χ1n) is 7.38. The molecular formula is C17H30N2. The van der Waals surface area contributed by atoms with Gasteiger partial charge in [-0.05, 0) is 49.0 Å². The van der Waals surface area contributed by atoms with Gasteiger partial charge >= 0.3 is 0 Å². The Kier molecular flexibility index (Phi) is 5.86. The minimum absolute atomic E-state index is 0.208. The Labute approximate surface area is 119 Å². The van der Waals surface area contributed by atoms with Gasteiger partial charge in [-0.15, -0.1) is 0 Å². The number of anilines is 1. The van der Waals surface area contributed by atoms with Crippen LogP contribution in [0, 0.1) is 12.8 Å². The highest BCUT2D eigenvalue weighted by atomic mass is 14.9. The van der Waals surface area contributed by atoms with Crippen LogP contribution < -0.4 is 10.6 Å². The monoisotopic (exact) mass is 262 g/mol. The Morgan fingerprint density at radius 1 is 1.16 bits per heavy atom. The van der Waals surface area contributed by atoms with Crippen LogP contribution in [0.5, 0.6) is 0 Å². The molecule has 0 bridgehead atoms. The van der Waals surface area contributed by atoms with Crippen LogP contribution in [0.15, 0.2) is 18.2 Å². The molecule has 0 aliphatic carbocycles. The van der Waals surface area contributed by atoms with Crippen molar-refractivity contribution < 1.29 is 0 Å². The van der Waals surface area contributed by atoms with Gasteiger partial charge in [0.05, 0.1) is 0 Å². The lowest BCUT2D eigenvalue weighted by atomic mass is 9.86. The van der Waals surface area contributed by atoms with Gasteiger partial charge < -0.3 is 10.6 Å². The molecule has 2 nitrogen and oxygen atoms in total. The van der Waals surface area contributed by atoms with Crippen molar-refractivity contribution in [1.29, 1.82) is 0 Å². The summed E-state index contributed by atoms with van der Waals surface area (Å²) in [5, 5.41) is 6.89. The number of benzene rings is 1. The predicted octanol–water partition coefficient (Wildman–Crippen LogP) is 3.95. The summed E-state index contributed by atoms with van der Waals surface area (Å²) in [7, 11) is 2.02. The number of aryl methyl sites for hydroxylation is 1. The van der Waals surface area contributed by atoms with E-state index in [4.69, 9.17) is 0 Å². The van der Waals surface area contributed by atoms with Gasteiger partial charge in [-0.1, -0.05) is 46.2 Å². The van der Waals surface area contributed by atoms with Gasteiger partial charge in [-0.25, -0.2) is 0 Å². The fraction of sp³-hybridized carbons (Fsp3) is 0.647. The first kappa shape index (κ1) is 16.0. The van der Waals surface area contributed by atoms with Gasteiger partial charge in [0.2, 0.25) is 0 Å². The molecule has 0 aromatic heterocycles. The normalized spacial score (nSPS) is 13.4. The third kappa shape index (κ3) is 4.87. The zero-order valence-electron chi connectivity index (χ0n) is 13.4. The average Bonchev–Trinajstić information content (AvgIpc) is 2.34. The van der Waals surface area contributed by atoms with Crippen molar-refractivity contribution in [3.8, 4) is 0 Å². The molecule has 2 heteroatoms. The Bertz CT molecular complexity index is 391. The molecule has 2 N–H and O–H groups in total. The van der Waals surface area contributed by atoms with E-state index in [0.29, 0.717) is 5.92 Å². The molecule has 0 aliphatic heterocycles. The van der Waals surface area contributed by atoms with E-state index in [1.807, 2.05) is 7.05 Å². The van der Waals surface area contributed by atoms with Crippen molar-refractivity contribution in [2.45, 2.75) is 46.5 Å². The number of hydrogen-bond acceptors (Lipinski definition) is 2. The molecule has 0 amide bonds. The van der Waals surface area contributed by atoms with Crippen molar-refractivity contribution in [3.05, 3.63) is 29.3 Å². The summed E-state index contributed by atoms with van der Waals surface area (Å²) in [5.41, 5.74) is 4.20. The first-order valence-corrected chi connectivity index (χ1v) is 7.38. The summed E-state index contributed by atoms with van der Waals surface area (Å²) < 4.78 is 0. The molecule has 0 aliphatic rings. The maximum atomic E-state index is 3.62. The summed E-state index contributed by atoms with van der Waals surface area (Å²) in [6.07, 6.45) is 1.20. The zero-order chi connectivity index (χ0) is 14.5. The van der Waals surface area contributed by atoms with Gasteiger partial charge in [0, 0.05) is 12.2 Å². The molecule has 1 aromatic carbocycles. The highest BCUT2D eigenvalue weighted by Gasteiger charge is 2.15. The molecule has 0 fully saturated rings. The third-order valence-electron chi connectivity index (χ3n) is 3.75. The fourth-order valence-corrected chi connectivity index (χ4v) is 2.18. The van der Waals surface area contributed by atoms with Crippen molar-refractivity contribution in [3.63, 3.8) is 0 Å². The molecule has 108 valence electrons. The minimum Gasteiger partial charge on any atom is -0.384 e. The average molecular weight is 262 g/mol. The molecule has 1 aromatic rings. The highest BCUT2D eigenvalue weighted by Crippen LogP contribution is 2.27. The fourth-order valence-electron chi connectivity index (χ4n) is 2.18. The molecule has 0 spiro atoms. The first-order chi connectivity index (χ1) is 8.88. The summed E-state index contributed by atoms with van der Waals surface area (Å²) in [4.78, 5) is 0. The highest BCUT2D eigenvalue weighted by molar-refractivity contribution is 5.53. The molecular weight excluding hydrogens is 232 g/mol. The molecule has 1 unspecified atom stereocenters. The van der Waals surface area contributed by atoms with Gasteiger partial charge in [0.1, 0.15) is 0 Å². The van der Waals surface area contributed by atoms with Crippen LogP contribution in [0.25, 0.3) is 0 Å². The van der Waals surface area contributed by atoms with Gasteiger partial charge in [-0.2, -0.15) is 0 Å². The number of hydrogen-bond donors (Lipinski definition) is 2. The Morgan fingerprint density at radius 3 is 2.37 bits per heavy atom. The molecule has 0 saturated carbocycles. The molecule has 0 saturated heterocycles. The second-order valence-electron chi connectivity index (χ2n) is 6.49. The minimum atomic E-state index is 0.208. The van der Waals surface area contributed by atoms with E-state index in [1.54, 1.807) is 0 Å². The van der Waals surface area contributed by atoms with E-state index in [2.05, 4.69) is 63.5 Å². The number of nitrogens with one attached hydrogen (secondary N) is 2. The van der Waals surface area contributed by atoms with Gasteiger partial charge in [0.15, 0.2) is 0 Å². The number of rotatable bonds is 6. The standard InChI is InChI=1S/C17H30N2/c1-7-14(11-18-6)12-19-16-10-15(17(3,4)5)9-8-13(16)2/h8-10,14,18-19H,7,11-12H2,1-6H3. The quantitative estimate of drug-likeness (QED) is 0.811. The summed E-state index contributed by atoms with van der Waals surface area (Å²) in [5.74, 6) is 0.683. The lowest BCUT2D eigenvalue weighted by molar-refractivity contribution is 0.506. The van der Waals surface area contributed by atoms with Crippen LogP contribution in [0.2, 0.25) is 0 Å². The summed E-state index contributed by atoms with van der Waals surface area (Å²) in [6, 6.07) is 6.77. The smallest absolute Gasteiger partial charge is 0.0372 e. The zero-order valence-corrected chi connectivity index (χ0v) is 13.4. The van der Waals surface area contributed by atoms with Crippen molar-refractivity contribution in [2.75, 3.05) is 25.5 Å². The SMILES string of the molecule is CCC(CNC)CNc1cc(C(C)(C)C)ccc1C. The van der Waals surface area contributed by atoms with Gasteiger partial charge in [0.25, 0.3) is 0 Å². The Hall–Kier alpha value is -1.02. The van der Waals surface area contributed by atoms with E-state index in [1.165, 1.54) is 23.2 Å². The van der Waals surface area contributed by atoms with Crippen LogP contribution in [-0.4, -0.2) is 20.1 Å². The van der Waals surface area contributed by atoms with Crippen LogP contribution in [0.4, 0.5) is 5.69 Å². The maximum absolute atomic E-state index is 3.62. The topological polar surface area (TPSA) is 24.1 Å². The van der Waals surface area contributed by atoms with Crippen LogP contribution in [0.3, 0.4) is 0 Å². The van der Waals surface area contributed by atoms with Crippen LogP contribution in [-0.2, 0) is 5.41 Å². The lowest BCUT2D eigenvalue weighted by Crippen LogP contribution is -2.25. The Balaban J connectivity index is 2.77. The van der Waals surface area contributed by atoms with E-state index >= 15 is 0 Å². The molecule has 19 heavy (non-hydrogen) atoms. The second kappa shape index (κ2) is 6.95. The van der Waals surface area contributed by atoms with Gasteiger partial charge in [-0.3, -0.25) is 0 Å². The predicted molar refractivity (Wildman–Crippen MR) is 86.1 cm³/mol. The van der Waals surface area contributed by atoms with E-state index in [0.717, 1.165) is 13.1 Å². The van der Waals surface area contributed by atoms with E-state index in [-0.39, 0.29) is 5.41 Å². The maximum Gasteiger partial charge on any atom is 0.0372 e. The third-order valence-corrected chi connectivity index (χ3v) is 3.75. The van der Waals surface area contributed by atoms with E-state index < -0.39 is 0 Å². The molecule has 0 heterocycles. The largest absolute Gasteiger partial charge is 0.384 e. The van der Waals surface area contributed by atoms with Crippen molar-refractivity contribution in [1.82, 2.24) is 5.32 Å². The lowest BCUT2D eigenvalue weighted by Gasteiger charge is -2.22. The van der Waals surface area contributed by atoms with Crippen LogP contribution in [0.1, 0.15) is 45.2 Å². The second-order valence-corrected chi connectivity index (χ2v) is 6.49. The molecule has 1 rings (SSSR count). The van der Waals surface area contributed by atoms with E-state index in [9.17, 15) is 0 Å². The summed E-state index contributed by atoms with van der Waals surface area (Å²) in [6.45, 7) is 13.3. The Morgan fingerprint density at radius 2 is 1.84 bits per heavy atom. The van der Waals surface area contributed by atoms with Crippen molar-refractivity contribution in [2.24, 2.45) is 5.92 Å². The summed E-state index contributed by atoms with van der Waals surface area (Å²) >= 11 is 0.